The van der Waals surface area contributed by atoms with Crippen LogP contribution in [0.15, 0.2) is 53.6 Å². The van der Waals surface area contributed by atoms with Gasteiger partial charge in [0.05, 0.1) is 12.8 Å². The Morgan fingerprint density at radius 2 is 2.04 bits per heavy atom. The molecule has 1 heterocycles. The third-order valence-electron chi connectivity index (χ3n) is 3.73. The molecule has 1 amide bonds. The third-order valence-corrected chi connectivity index (χ3v) is 4.75. The molecule has 0 aliphatic carbocycles. The first kappa shape index (κ1) is 18.6. The fourth-order valence-corrected chi connectivity index (χ4v) is 3.36. The summed E-state index contributed by atoms with van der Waals surface area (Å²) in [6.45, 7) is 4.12. The second-order valence-electron chi connectivity index (χ2n) is 5.62. The Morgan fingerprint density at radius 3 is 2.78 bits per heavy atom. The van der Waals surface area contributed by atoms with Crippen molar-refractivity contribution in [2.75, 3.05) is 6.61 Å². The van der Waals surface area contributed by atoms with Gasteiger partial charge in [0.15, 0.2) is 11.5 Å². The second-order valence-corrected chi connectivity index (χ2v) is 6.82. The molecule has 0 saturated heterocycles. The van der Waals surface area contributed by atoms with E-state index in [4.69, 9.17) is 4.74 Å². The number of thiazole rings is 1. The quantitative estimate of drug-likeness (QED) is 0.500. The Morgan fingerprint density at radius 1 is 1.26 bits per heavy atom. The maximum atomic E-state index is 12.4. The van der Waals surface area contributed by atoms with Gasteiger partial charge in [0.1, 0.15) is 10.7 Å². The van der Waals surface area contributed by atoms with Gasteiger partial charge in [-0.1, -0.05) is 36.4 Å². The minimum absolute atomic E-state index is 0.0199. The highest BCUT2D eigenvalue weighted by Crippen LogP contribution is 2.29. The zero-order valence-electron chi connectivity index (χ0n) is 15.0. The van der Waals surface area contributed by atoms with Crippen LogP contribution in [0.2, 0.25) is 0 Å². The number of phenolic OH excluding ortho intramolecular Hbond substituents is 1. The number of ether oxygens (including phenoxy) is 1. The monoisotopic (exact) mass is 381 g/mol. The number of aromatic hydroxyl groups is 1. The van der Waals surface area contributed by atoms with E-state index in [0.29, 0.717) is 23.6 Å². The number of nitrogens with zero attached hydrogens (tertiary/aromatic N) is 2. The molecule has 7 heteroatoms. The largest absolute Gasteiger partial charge is 0.504 e. The Balaban J connectivity index is 1.72. The van der Waals surface area contributed by atoms with E-state index < -0.39 is 5.91 Å². The molecule has 0 atom stereocenters. The summed E-state index contributed by atoms with van der Waals surface area (Å²) in [4.78, 5) is 17.6. The first-order valence-corrected chi connectivity index (χ1v) is 9.22. The molecule has 27 heavy (non-hydrogen) atoms. The van der Waals surface area contributed by atoms with Crippen LogP contribution in [-0.4, -0.2) is 28.8 Å². The summed E-state index contributed by atoms with van der Waals surface area (Å²) in [6.07, 6.45) is 1.37. The minimum atomic E-state index is -0.400. The molecular formula is C20H19N3O3S. The molecule has 3 aromatic rings. The molecule has 0 saturated carbocycles. The average Bonchev–Trinajstić information content (AvgIpc) is 3.07. The lowest BCUT2D eigenvalue weighted by Gasteiger charge is -2.07. The van der Waals surface area contributed by atoms with Crippen LogP contribution < -0.4 is 10.2 Å². The van der Waals surface area contributed by atoms with Crippen molar-refractivity contribution in [2.45, 2.75) is 13.8 Å². The van der Waals surface area contributed by atoms with Gasteiger partial charge in [-0.2, -0.15) is 5.10 Å². The van der Waals surface area contributed by atoms with E-state index in [1.807, 2.05) is 44.2 Å². The topological polar surface area (TPSA) is 83.8 Å². The number of amides is 1. The molecule has 0 fully saturated rings. The molecule has 1 aromatic heterocycles. The lowest BCUT2D eigenvalue weighted by Crippen LogP contribution is -2.19. The number of para-hydroxylation sites is 1. The van der Waals surface area contributed by atoms with Crippen molar-refractivity contribution in [1.29, 1.82) is 0 Å². The van der Waals surface area contributed by atoms with Crippen molar-refractivity contribution in [3.63, 3.8) is 0 Å². The molecule has 2 aromatic carbocycles. The van der Waals surface area contributed by atoms with Crippen molar-refractivity contribution in [2.24, 2.45) is 5.10 Å². The van der Waals surface area contributed by atoms with Gasteiger partial charge in [-0.3, -0.25) is 4.79 Å². The van der Waals surface area contributed by atoms with Crippen molar-refractivity contribution in [3.05, 3.63) is 64.7 Å². The zero-order valence-corrected chi connectivity index (χ0v) is 15.8. The number of aryl methyl sites for hydroxylation is 1. The van der Waals surface area contributed by atoms with E-state index >= 15 is 0 Å². The van der Waals surface area contributed by atoms with Crippen molar-refractivity contribution in [1.82, 2.24) is 10.4 Å². The highest BCUT2D eigenvalue weighted by molar-refractivity contribution is 7.15. The zero-order chi connectivity index (χ0) is 19.2. The van der Waals surface area contributed by atoms with Gasteiger partial charge in [0, 0.05) is 16.0 Å². The van der Waals surface area contributed by atoms with Crippen LogP contribution in [0.1, 0.15) is 27.9 Å². The molecule has 0 spiro atoms. The van der Waals surface area contributed by atoms with Crippen molar-refractivity contribution >= 4 is 23.5 Å². The molecular weight excluding hydrogens is 362 g/mol. The smallest absolute Gasteiger partial charge is 0.291 e. The molecule has 0 bridgehead atoms. The number of hydrogen-bond acceptors (Lipinski definition) is 6. The van der Waals surface area contributed by atoms with E-state index in [2.05, 4.69) is 15.5 Å². The predicted octanol–water partition coefficient (Wildman–Crippen LogP) is 3.99. The Hall–Kier alpha value is -3.19. The van der Waals surface area contributed by atoms with E-state index in [1.54, 1.807) is 18.2 Å². The van der Waals surface area contributed by atoms with Gasteiger partial charge in [-0.15, -0.1) is 11.3 Å². The van der Waals surface area contributed by atoms with Gasteiger partial charge in [-0.05, 0) is 26.0 Å². The summed E-state index contributed by atoms with van der Waals surface area (Å²) in [5.74, 6) is -0.0492. The lowest BCUT2D eigenvalue weighted by atomic mass is 10.2. The number of carbonyl (C=O) groups excluding carboxylic acids is 1. The van der Waals surface area contributed by atoms with Gasteiger partial charge in [0.2, 0.25) is 0 Å². The van der Waals surface area contributed by atoms with E-state index in [0.717, 1.165) is 15.4 Å². The lowest BCUT2D eigenvalue weighted by molar-refractivity contribution is 0.0950. The standard InChI is InChI=1S/C20H19N3O3S/c1-3-26-16-11-7-10-15(18(16)24)12-21-23-19(25)17-13(2)27-20(22-17)14-8-5-4-6-9-14/h4-12,24H,3H2,1-2H3,(H,23,25)/b21-12-. The van der Waals surface area contributed by atoms with Crippen molar-refractivity contribution < 1.29 is 14.6 Å². The summed E-state index contributed by atoms with van der Waals surface area (Å²) < 4.78 is 5.33. The number of benzene rings is 2. The van der Waals surface area contributed by atoms with Gasteiger partial charge in [-0.25, -0.2) is 10.4 Å². The molecule has 138 valence electrons. The molecule has 2 N–H and O–H groups in total. The third kappa shape index (κ3) is 4.32. The summed E-state index contributed by atoms with van der Waals surface area (Å²) in [7, 11) is 0. The fraction of sp³-hybridized carbons (Fsp3) is 0.150. The highest BCUT2D eigenvalue weighted by atomic mass is 32.1. The molecule has 0 radical (unpaired) electrons. The normalized spacial score (nSPS) is 10.9. The second kappa shape index (κ2) is 8.46. The maximum Gasteiger partial charge on any atom is 0.291 e. The van der Waals surface area contributed by atoms with E-state index in [9.17, 15) is 9.90 Å². The van der Waals surface area contributed by atoms with Crippen LogP contribution >= 0.6 is 11.3 Å². The minimum Gasteiger partial charge on any atom is -0.504 e. The van der Waals surface area contributed by atoms with Crippen LogP contribution in [0.3, 0.4) is 0 Å². The summed E-state index contributed by atoms with van der Waals surface area (Å²) in [5.41, 5.74) is 4.20. The Labute approximate surface area is 161 Å². The van der Waals surface area contributed by atoms with Gasteiger partial charge < -0.3 is 9.84 Å². The first-order valence-electron chi connectivity index (χ1n) is 8.41. The van der Waals surface area contributed by atoms with Crippen LogP contribution in [0.4, 0.5) is 0 Å². The van der Waals surface area contributed by atoms with E-state index in [1.165, 1.54) is 17.6 Å². The van der Waals surface area contributed by atoms with Gasteiger partial charge >= 0.3 is 0 Å². The molecule has 0 aliphatic heterocycles. The molecule has 3 rings (SSSR count). The summed E-state index contributed by atoms with van der Waals surface area (Å²) in [5, 5.41) is 14.8. The number of aromatic nitrogens is 1. The highest BCUT2D eigenvalue weighted by Gasteiger charge is 2.16. The van der Waals surface area contributed by atoms with Crippen LogP contribution in [-0.2, 0) is 0 Å². The number of hydrogen-bond donors (Lipinski definition) is 2. The van der Waals surface area contributed by atoms with Crippen molar-refractivity contribution in [3.8, 4) is 22.1 Å². The van der Waals surface area contributed by atoms with Crippen LogP contribution in [0.25, 0.3) is 10.6 Å². The van der Waals surface area contributed by atoms with Gasteiger partial charge in [0.25, 0.3) is 5.91 Å². The Bertz CT molecular complexity index is 968. The summed E-state index contributed by atoms with van der Waals surface area (Å²) in [6, 6.07) is 14.8. The number of phenols is 1. The SMILES string of the molecule is CCOc1cccc(/C=N\NC(=O)c2nc(-c3ccccc3)sc2C)c1O. The maximum absolute atomic E-state index is 12.4. The molecule has 6 nitrogen and oxygen atoms in total. The number of hydrazone groups is 1. The molecule has 0 unspecified atom stereocenters. The molecule has 0 aliphatic rings. The number of rotatable bonds is 6. The number of nitrogens with one attached hydrogen (secondary N) is 1. The number of carbonyl (C=O) groups is 1. The van der Waals surface area contributed by atoms with Crippen LogP contribution in [0, 0.1) is 6.92 Å². The average molecular weight is 381 g/mol. The van der Waals surface area contributed by atoms with Crippen LogP contribution in [0.5, 0.6) is 11.5 Å². The fourth-order valence-electron chi connectivity index (χ4n) is 2.44. The predicted molar refractivity (Wildman–Crippen MR) is 107 cm³/mol. The summed E-state index contributed by atoms with van der Waals surface area (Å²) >= 11 is 1.46. The Kier molecular flexibility index (Phi) is 5.83. The van der Waals surface area contributed by atoms with E-state index in [-0.39, 0.29) is 5.75 Å². The first-order chi connectivity index (χ1) is 13.1.